The number of aromatic nitrogens is 2. The Bertz CT molecular complexity index is 710. The highest BCUT2D eigenvalue weighted by molar-refractivity contribution is 5.45. The van der Waals surface area contributed by atoms with Gasteiger partial charge in [0.25, 0.3) is 5.92 Å². The molecule has 1 atom stereocenters. The number of nitrogens with zero attached hydrogens (tertiary/aromatic N) is 4. The first kappa shape index (κ1) is 16.4. The van der Waals surface area contributed by atoms with Crippen LogP contribution in [0.4, 0.5) is 14.5 Å². The Labute approximate surface area is 146 Å². The fourth-order valence-corrected chi connectivity index (χ4v) is 4.13. The number of alkyl halides is 2. The molecule has 0 bridgehead atoms. The zero-order valence-electron chi connectivity index (χ0n) is 14.1. The second-order valence-electron chi connectivity index (χ2n) is 7.18. The fourth-order valence-electron chi connectivity index (χ4n) is 4.13. The van der Waals surface area contributed by atoms with Crippen molar-refractivity contribution in [1.82, 2.24) is 14.9 Å². The van der Waals surface area contributed by atoms with Crippen LogP contribution in [0.5, 0.6) is 0 Å². The highest BCUT2D eigenvalue weighted by Crippen LogP contribution is 2.50. The molecule has 1 spiro atoms. The van der Waals surface area contributed by atoms with Gasteiger partial charge in [0.15, 0.2) is 0 Å². The summed E-state index contributed by atoms with van der Waals surface area (Å²) in [5, 5.41) is 0. The van der Waals surface area contributed by atoms with Gasteiger partial charge in [-0.05, 0) is 36.2 Å². The second-order valence-corrected chi connectivity index (χ2v) is 7.18. The molecule has 2 aliphatic rings. The van der Waals surface area contributed by atoms with Crippen molar-refractivity contribution in [3.05, 3.63) is 54.6 Å². The van der Waals surface area contributed by atoms with Crippen LogP contribution in [-0.2, 0) is 6.54 Å². The van der Waals surface area contributed by atoms with Gasteiger partial charge in [0, 0.05) is 57.7 Å². The summed E-state index contributed by atoms with van der Waals surface area (Å²) in [6, 6.07) is 7.71. The SMILES string of the molecule is FC1(F)CCN(Cc2ccncc2)C[C@@]12CCN(c1cccnc1)C2. The van der Waals surface area contributed by atoms with Gasteiger partial charge >= 0.3 is 0 Å². The number of hydrogen-bond acceptors (Lipinski definition) is 4. The Morgan fingerprint density at radius 1 is 0.960 bits per heavy atom. The third kappa shape index (κ3) is 3.11. The van der Waals surface area contributed by atoms with Crippen molar-refractivity contribution in [3.63, 3.8) is 0 Å². The molecule has 132 valence electrons. The standard InChI is InChI=1S/C19H22F2N4/c20-19(21)6-10-24(13-16-3-8-22-9-4-16)14-18(19)5-11-25(15-18)17-2-1-7-23-12-17/h1-4,7-9,12H,5-6,10-11,13-15H2/t18-/m1/s1. The monoisotopic (exact) mass is 344 g/mol. The van der Waals surface area contributed by atoms with Gasteiger partial charge in [0.1, 0.15) is 0 Å². The summed E-state index contributed by atoms with van der Waals surface area (Å²) in [5.74, 6) is -2.63. The first-order valence-corrected chi connectivity index (χ1v) is 8.72. The molecular formula is C19H22F2N4. The average molecular weight is 344 g/mol. The van der Waals surface area contributed by atoms with Gasteiger partial charge in [-0.2, -0.15) is 0 Å². The maximum absolute atomic E-state index is 14.9. The van der Waals surface area contributed by atoms with E-state index < -0.39 is 11.3 Å². The summed E-state index contributed by atoms with van der Waals surface area (Å²) in [7, 11) is 0. The average Bonchev–Trinajstić information content (AvgIpc) is 3.06. The van der Waals surface area contributed by atoms with Crippen molar-refractivity contribution in [2.45, 2.75) is 25.3 Å². The Hall–Kier alpha value is -2.08. The maximum atomic E-state index is 14.9. The van der Waals surface area contributed by atoms with Crippen molar-refractivity contribution < 1.29 is 8.78 Å². The lowest BCUT2D eigenvalue weighted by molar-refractivity contribution is -0.158. The molecule has 6 heteroatoms. The molecule has 0 unspecified atom stereocenters. The molecular weight excluding hydrogens is 322 g/mol. The Balaban J connectivity index is 1.52. The van der Waals surface area contributed by atoms with Crippen molar-refractivity contribution in [1.29, 1.82) is 0 Å². The van der Waals surface area contributed by atoms with Gasteiger partial charge in [-0.15, -0.1) is 0 Å². The fraction of sp³-hybridized carbons (Fsp3) is 0.474. The number of likely N-dealkylation sites (tertiary alicyclic amines) is 1. The molecule has 0 amide bonds. The number of piperidine rings is 1. The molecule has 0 aliphatic carbocycles. The summed E-state index contributed by atoms with van der Waals surface area (Å²) < 4.78 is 29.8. The minimum absolute atomic E-state index is 0.0705. The highest BCUT2D eigenvalue weighted by atomic mass is 19.3. The van der Waals surface area contributed by atoms with E-state index in [4.69, 9.17) is 0 Å². The van der Waals surface area contributed by atoms with Gasteiger partial charge in [0.05, 0.1) is 17.3 Å². The number of pyridine rings is 2. The van der Waals surface area contributed by atoms with Gasteiger partial charge in [-0.1, -0.05) is 0 Å². The normalized spacial score (nSPS) is 26.2. The van der Waals surface area contributed by atoms with Crippen molar-refractivity contribution in [2.24, 2.45) is 5.41 Å². The van der Waals surface area contributed by atoms with E-state index >= 15 is 0 Å². The van der Waals surface area contributed by atoms with E-state index in [2.05, 4.69) is 19.8 Å². The summed E-state index contributed by atoms with van der Waals surface area (Å²) in [6.07, 6.45) is 7.42. The lowest BCUT2D eigenvalue weighted by Gasteiger charge is -2.46. The number of rotatable bonds is 3. The van der Waals surface area contributed by atoms with E-state index in [1.54, 1.807) is 24.8 Å². The molecule has 0 N–H and O–H groups in total. The molecule has 4 rings (SSSR count). The van der Waals surface area contributed by atoms with Crippen LogP contribution in [0.25, 0.3) is 0 Å². The minimum atomic E-state index is -2.63. The molecule has 2 fully saturated rings. The van der Waals surface area contributed by atoms with Crippen LogP contribution in [0.1, 0.15) is 18.4 Å². The molecule has 4 heterocycles. The third-order valence-corrected chi connectivity index (χ3v) is 5.56. The number of halogens is 2. The molecule has 2 aromatic heterocycles. The molecule has 2 aliphatic heterocycles. The predicted molar refractivity (Wildman–Crippen MR) is 92.6 cm³/mol. The first-order chi connectivity index (χ1) is 12.1. The van der Waals surface area contributed by atoms with Crippen LogP contribution in [0, 0.1) is 5.41 Å². The van der Waals surface area contributed by atoms with Crippen molar-refractivity contribution in [3.8, 4) is 0 Å². The second kappa shape index (κ2) is 6.33. The van der Waals surface area contributed by atoms with E-state index in [-0.39, 0.29) is 6.42 Å². The zero-order valence-corrected chi connectivity index (χ0v) is 14.1. The van der Waals surface area contributed by atoms with Crippen LogP contribution in [-0.4, -0.2) is 47.0 Å². The minimum Gasteiger partial charge on any atom is -0.369 e. The van der Waals surface area contributed by atoms with Gasteiger partial charge in [-0.3, -0.25) is 14.9 Å². The summed E-state index contributed by atoms with van der Waals surface area (Å²) in [5.41, 5.74) is 1.08. The smallest absolute Gasteiger partial charge is 0.257 e. The Kier molecular flexibility index (Phi) is 4.15. The topological polar surface area (TPSA) is 32.3 Å². The van der Waals surface area contributed by atoms with E-state index in [9.17, 15) is 8.78 Å². The lowest BCUT2D eigenvalue weighted by atomic mass is 9.75. The quantitative estimate of drug-likeness (QED) is 0.856. The van der Waals surface area contributed by atoms with Crippen molar-refractivity contribution >= 4 is 5.69 Å². The van der Waals surface area contributed by atoms with E-state index in [1.807, 2.05) is 24.3 Å². The van der Waals surface area contributed by atoms with Crippen molar-refractivity contribution in [2.75, 3.05) is 31.1 Å². The molecule has 2 saturated heterocycles. The molecule has 4 nitrogen and oxygen atoms in total. The maximum Gasteiger partial charge on any atom is 0.257 e. The van der Waals surface area contributed by atoms with Crippen LogP contribution in [0.15, 0.2) is 49.1 Å². The molecule has 2 aromatic rings. The summed E-state index contributed by atoms with van der Waals surface area (Å²) >= 11 is 0. The van der Waals surface area contributed by atoms with Gasteiger partial charge in [0.2, 0.25) is 0 Å². The molecule has 25 heavy (non-hydrogen) atoms. The molecule has 0 radical (unpaired) electrons. The van der Waals surface area contributed by atoms with Crippen LogP contribution in [0.2, 0.25) is 0 Å². The Morgan fingerprint density at radius 3 is 2.56 bits per heavy atom. The zero-order chi connectivity index (χ0) is 17.3. The van der Waals surface area contributed by atoms with Gasteiger partial charge in [-0.25, -0.2) is 8.78 Å². The Morgan fingerprint density at radius 2 is 1.80 bits per heavy atom. The lowest BCUT2D eigenvalue weighted by Crippen LogP contribution is -2.56. The van der Waals surface area contributed by atoms with Crippen LogP contribution >= 0.6 is 0 Å². The summed E-state index contributed by atoms with van der Waals surface area (Å²) in [4.78, 5) is 12.4. The van der Waals surface area contributed by atoms with Crippen LogP contribution in [0.3, 0.4) is 0 Å². The predicted octanol–water partition coefficient (Wildman–Crippen LogP) is 3.21. The number of hydrogen-bond donors (Lipinski definition) is 0. The highest BCUT2D eigenvalue weighted by Gasteiger charge is 2.59. The largest absolute Gasteiger partial charge is 0.369 e. The molecule has 0 saturated carbocycles. The van der Waals surface area contributed by atoms with Gasteiger partial charge < -0.3 is 4.90 Å². The number of anilines is 1. The summed E-state index contributed by atoms with van der Waals surface area (Å²) in [6.45, 7) is 2.61. The third-order valence-electron chi connectivity index (χ3n) is 5.56. The first-order valence-electron chi connectivity index (χ1n) is 8.72. The van der Waals surface area contributed by atoms with E-state index in [0.717, 1.165) is 11.3 Å². The molecule has 0 aromatic carbocycles. The van der Waals surface area contributed by atoms with Crippen LogP contribution < -0.4 is 4.90 Å². The van der Waals surface area contributed by atoms with E-state index in [0.29, 0.717) is 39.1 Å². The van der Waals surface area contributed by atoms with E-state index in [1.165, 1.54) is 0 Å².